The maximum Gasteiger partial charge on any atom is 0.258 e. The lowest BCUT2D eigenvalue weighted by Gasteiger charge is -2.08. The highest BCUT2D eigenvalue weighted by molar-refractivity contribution is 6.32. The smallest absolute Gasteiger partial charge is 0.258 e. The molecule has 5 nitrogen and oxygen atoms in total. The Morgan fingerprint density at radius 1 is 1.56 bits per heavy atom. The van der Waals surface area contributed by atoms with Crippen LogP contribution >= 0.6 is 11.6 Å². The molecule has 1 heterocycles. The van der Waals surface area contributed by atoms with Gasteiger partial charge < -0.3 is 10.1 Å². The molecule has 0 aliphatic carbocycles. The van der Waals surface area contributed by atoms with Gasteiger partial charge in [0.15, 0.2) is 0 Å². The molecule has 0 aliphatic rings. The highest BCUT2D eigenvalue weighted by Crippen LogP contribution is 2.27. The second-order valence-corrected chi connectivity index (χ2v) is 3.93. The first kappa shape index (κ1) is 12.4. The molecule has 2 N–H and O–H groups in total. The summed E-state index contributed by atoms with van der Waals surface area (Å²) in [5.41, 5.74) is 1.06. The molecule has 94 valence electrons. The van der Waals surface area contributed by atoms with Crippen molar-refractivity contribution in [2.45, 2.75) is 6.92 Å². The monoisotopic (exact) mass is 265 g/mol. The van der Waals surface area contributed by atoms with Crippen LogP contribution in [0.3, 0.4) is 0 Å². The summed E-state index contributed by atoms with van der Waals surface area (Å²) in [5.74, 6) is 0.351. The van der Waals surface area contributed by atoms with Crippen LogP contribution in [0.1, 0.15) is 17.3 Å². The minimum atomic E-state index is -0.246. The van der Waals surface area contributed by atoms with Gasteiger partial charge in [-0.3, -0.25) is 9.89 Å². The molecule has 2 rings (SSSR count). The van der Waals surface area contributed by atoms with Crippen molar-refractivity contribution in [3.63, 3.8) is 0 Å². The third-order valence-corrected chi connectivity index (χ3v) is 2.55. The lowest BCUT2D eigenvalue weighted by molar-refractivity contribution is 0.102. The van der Waals surface area contributed by atoms with Crippen LogP contribution in [-0.2, 0) is 0 Å². The third-order valence-electron chi connectivity index (χ3n) is 2.25. The Hall–Kier alpha value is -2.01. The van der Waals surface area contributed by atoms with Gasteiger partial charge in [0.25, 0.3) is 5.91 Å². The first-order chi connectivity index (χ1) is 8.70. The highest BCUT2D eigenvalue weighted by atomic mass is 35.5. The number of aromatic amines is 1. The van der Waals surface area contributed by atoms with Crippen molar-refractivity contribution in [1.29, 1.82) is 0 Å². The number of hydrogen-bond acceptors (Lipinski definition) is 3. The number of aromatic nitrogens is 2. The van der Waals surface area contributed by atoms with Crippen molar-refractivity contribution in [3.05, 3.63) is 41.2 Å². The molecule has 0 fully saturated rings. The fraction of sp³-hybridized carbons (Fsp3) is 0.167. The SMILES string of the molecule is CCOc1ccc(NC(=O)c2cn[nH]c2)cc1Cl. The molecular weight excluding hydrogens is 254 g/mol. The van der Waals surface area contributed by atoms with Crippen molar-refractivity contribution >= 4 is 23.2 Å². The summed E-state index contributed by atoms with van der Waals surface area (Å²) in [6.45, 7) is 2.42. The van der Waals surface area contributed by atoms with E-state index in [4.69, 9.17) is 16.3 Å². The lowest BCUT2D eigenvalue weighted by Crippen LogP contribution is -2.10. The molecule has 0 spiro atoms. The molecule has 2 aromatic rings. The van der Waals surface area contributed by atoms with E-state index in [0.29, 0.717) is 28.6 Å². The Bertz CT molecular complexity index is 540. The first-order valence-corrected chi connectivity index (χ1v) is 5.81. The highest BCUT2D eigenvalue weighted by Gasteiger charge is 2.08. The minimum Gasteiger partial charge on any atom is -0.492 e. The molecule has 0 saturated heterocycles. The van der Waals surface area contributed by atoms with Gasteiger partial charge in [-0.2, -0.15) is 5.10 Å². The van der Waals surface area contributed by atoms with Crippen LogP contribution in [-0.4, -0.2) is 22.7 Å². The van der Waals surface area contributed by atoms with Crippen LogP contribution in [0.15, 0.2) is 30.6 Å². The molecular formula is C12H12ClN3O2. The van der Waals surface area contributed by atoms with Crippen molar-refractivity contribution in [2.24, 2.45) is 0 Å². The lowest BCUT2D eigenvalue weighted by atomic mass is 10.2. The van der Waals surface area contributed by atoms with Gasteiger partial charge in [-0.05, 0) is 25.1 Å². The van der Waals surface area contributed by atoms with E-state index < -0.39 is 0 Å². The number of benzene rings is 1. The fourth-order valence-electron chi connectivity index (χ4n) is 1.43. The van der Waals surface area contributed by atoms with Crippen molar-refractivity contribution in [3.8, 4) is 5.75 Å². The Balaban J connectivity index is 2.11. The number of nitrogens with one attached hydrogen (secondary N) is 2. The average molecular weight is 266 g/mol. The summed E-state index contributed by atoms with van der Waals surface area (Å²) in [6.07, 6.45) is 2.97. The van der Waals surface area contributed by atoms with Gasteiger partial charge in [0.1, 0.15) is 5.75 Å². The van der Waals surface area contributed by atoms with Gasteiger partial charge in [0, 0.05) is 11.9 Å². The standard InChI is InChI=1S/C12H12ClN3O2/c1-2-18-11-4-3-9(5-10(11)13)16-12(17)8-6-14-15-7-8/h3-7H,2H2,1H3,(H,14,15)(H,16,17). The van der Waals surface area contributed by atoms with Gasteiger partial charge >= 0.3 is 0 Å². The number of anilines is 1. The fourth-order valence-corrected chi connectivity index (χ4v) is 1.66. The number of rotatable bonds is 4. The van der Waals surface area contributed by atoms with E-state index in [2.05, 4.69) is 15.5 Å². The number of hydrogen-bond donors (Lipinski definition) is 2. The summed E-state index contributed by atoms with van der Waals surface area (Å²) >= 11 is 6.02. The summed E-state index contributed by atoms with van der Waals surface area (Å²) in [5, 5.41) is 9.46. The van der Waals surface area contributed by atoms with Gasteiger partial charge in [-0.25, -0.2) is 0 Å². The van der Waals surface area contributed by atoms with Crippen molar-refractivity contribution < 1.29 is 9.53 Å². The second-order valence-electron chi connectivity index (χ2n) is 3.52. The van der Waals surface area contributed by atoms with Crippen LogP contribution in [0.5, 0.6) is 5.75 Å². The van der Waals surface area contributed by atoms with E-state index in [1.54, 1.807) is 18.2 Å². The van der Waals surface area contributed by atoms with E-state index in [-0.39, 0.29) is 5.91 Å². The van der Waals surface area contributed by atoms with E-state index in [9.17, 15) is 4.79 Å². The number of carbonyl (C=O) groups excluding carboxylic acids is 1. The average Bonchev–Trinajstić information content (AvgIpc) is 2.86. The molecule has 18 heavy (non-hydrogen) atoms. The second kappa shape index (κ2) is 5.55. The van der Waals surface area contributed by atoms with Gasteiger partial charge in [0.2, 0.25) is 0 Å². The predicted molar refractivity (Wildman–Crippen MR) is 69.2 cm³/mol. The Kier molecular flexibility index (Phi) is 3.84. The molecule has 0 atom stereocenters. The zero-order valence-electron chi connectivity index (χ0n) is 9.74. The molecule has 1 aromatic carbocycles. The third kappa shape index (κ3) is 2.81. The largest absolute Gasteiger partial charge is 0.492 e. The van der Waals surface area contributed by atoms with Crippen LogP contribution in [0.2, 0.25) is 5.02 Å². The molecule has 6 heteroatoms. The zero-order chi connectivity index (χ0) is 13.0. The maximum absolute atomic E-state index is 11.8. The van der Waals surface area contributed by atoms with Crippen LogP contribution in [0, 0.1) is 0 Å². The van der Waals surface area contributed by atoms with E-state index in [1.165, 1.54) is 12.4 Å². The molecule has 1 amide bonds. The number of ether oxygens (including phenoxy) is 1. The summed E-state index contributed by atoms with van der Waals surface area (Å²) in [4.78, 5) is 11.8. The van der Waals surface area contributed by atoms with Gasteiger partial charge in [-0.15, -0.1) is 0 Å². The van der Waals surface area contributed by atoms with Crippen molar-refractivity contribution in [2.75, 3.05) is 11.9 Å². The molecule has 0 radical (unpaired) electrons. The molecule has 0 aliphatic heterocycles. The zero-order valence-corrected chi connectivity index (χ0v) is 10.5. The van der Waals surface area contributed by atoms with E-state index in [1.807, 2.05) is 6.92 Å². The number of carbonyl (C=O) groups is 1. The van der Waals surface area contributed by atoms with Crippen molar-refractivity contribution in [1.82, 2.24) is 10.2 Å². The van der Waals surface area contributed by atoms with E-state index >= 15 is 0 Å². The first-order valence-electron chi connectivity index (χ1n) is 5.43. The molecule has 0 unspecified atom stereocenters. The topological polar surface area (TPSA) is 67.0 Å². The summed E-state index contributed by atoms with van der Waals surface area (Å²) in [6, 6.07) is 5.09. The molecule has 0 saturated carbocycles. The Morgan fingerprint density at radius 2 is 2.39 bits per heavy atom. The number of H-pyrrole nitrogens is 1. The number of amides is 1. The van der Waals surface area contributed by atoms with Gasteiger partial charge in [-0.1, -0.05) is 11.6 Å². The molecule has 1 aromatic heterocycles. The quantitative estimate of drug-likeness (QED) is 0.893. The predicted octanol–water partition coefficient (Wildman–Crippen LogP) is 2.71. The van der Waals surface area contributed by atoms with Crippen LogP contribution in [0.25, 0.3) is 0 Å². The van der Waals surface area contributed by atoms with E-state index in [0.717, 1.165) is 0 Å². The Labute approximate surface area is 109 Å². The van der Waals surface area contributed by atoms with Crippen LogP contribution in [0.4, 0.5) is 5.69 Å². The van der Waals surface area contributed by atoms with Crippen LogP contribution < -0.4 is 10.1 Å². The number of nitrogens with zero attached hydrogens (tertiary/aromatic N) is 1. The number of halogens is 1. The van der Waals surface area contributed by atoms with Gasteiger partial charge in [0.05, 0.1) is 23.4 Å². The maximum atomic E-state index is 11.8. The minimum absolute atomic E-state index is 0.246. The normalized spacial score (nSPS) is 10.1. The summed E-state index contributed by atoms with van der Waals surface area (Å²) < 4.78 is 5.31. The summed E-state index contributed by atoms with van der Waals surface area (Å²) in [7, 11) is 0. The Morgan fingerprint density at radius 3 is 3.00 bits per heavy atom. The molecule has 0 bridgehead atoms.